The summed E-state index contributed by atoms with van der Waals surface area (Å²) in [7, 11) is 0. The second-order valence-corrected chi connectivity index (χ2v) is 6.49. The Morgan fingerprint density at radius 2 is 1.96 bits per heavy atom. The average Bonchev–Trinajstić information content (AvgIpc) is 2.64. The van der Waals surface area contributed by atoms with Crippen LogP contribution in [0, 0.1) is 0 Å². The van der Waals surface area contributed by atoms with Crippen LogP contribution < -0.4 is 20.7 Å². The molecular formula is C20H24ClF2N3O2. The van der Waals surface area contributed by atoms with Gasteiger partial charge in [-0.3, -0.25) is 4.79 Å². The third-order valence-electron chi connectivity index (χ3n) is 4.60. The number of alkyl halides is 2. The molecule has 1 amide bonds. The summed E-state index contributed by atoms with van der Waals surface area (Å²) >= 11 is 0. The van der Waals surface area contributed by atoms with Crippen molar-refractivity contribution in [2.45, 2.75) is 25.9 Å². The van der Waals surface area contributed by atoms with Gasteiger partial charge < -0.3 is 20.7 Å². The Kier molecular flexibility index (Phi) is 7.87. The van der Waals surface area contributed by atoms with Gasteiger partial charge in [-0.25, -0.2) is 0 Å². The van der Waals surface area contributed by atoms with E-state index in [9.17, 15) is 13.6 Å². The standard InChI is InChI=1S/C20H23F2N3O2.ClH/c21-20(22)27-15-8-6-14(7-9-15)10-11-24-19(26)13-25-12-2-3-16-17(23)4-1-5-18(16)25;/h1,4-9,20H,2-3,10-13,23H2,(H,24,26);1H. The van der Waals surface area contributed by atoms with Crippen molar-refractivity contribution < 1.29 is 18.3 Å². The first-order chi connectivity index (χ1) is 13.0. The number of nitrogens with zero attached hydrogens (tertiary/aromatic N) is 1. The Bertz CT molecular complexity index is 788. The molecule has 0 fully saturated rings. The highest BCUT2D eigenvalue weighted by Crippen LogP contribution is 2.30. The maximum Gasteiger partial charge on any atom is 0.387 e. The number of hydrogen-bond acceptors (Lipinski definition) is 4. The summed E-state index contributed by atoms with van der Waals surface area (Å²) < 4.78 is 28.6. The van der Waals surface area contributed by atoms with Gasteiger partial charge in [0, 0.05) is 24.5 Å². The predicted molar refractivity (Wildman–Crippen MR) is 108 cm³/mol. The highest BCUT2D eigenvalue weighted by molar-refractivity contribution is 5.85. The van der Waals surface area contributed by atoms with Crippen molar-refractivity contribution in [1.82, 2.24) is 5.32 Å². The van der Waals surface area contributed by atoms with E-state index in [0.717, 1.165) is 41.9 Å². The number of carbonyl (C=O) groups excluding carboxylic acids is 1. The van der Waals surface area contributed by atoms with Gasteiger partial charge in [0.1, 0.15) is 5.75 Å². The van der Waals surface area contributed by atoms with Crippen molar-refractivity contribution in [3.63, 3.8) is 0 Å². The van der Waals surface area contributed by atoms with Gasteiger partial charge >= 0.3 is 6.61 Å². The number of rotatable bonds is 7. The van der Waals surface area contributed by atoms with Gasteiger partial charge in [-0.1, -0.05) is 18.2 Å². The molecule has 0 saturated heterocycles. The molecule has 0 saturated carbocycles. The number of halogens is 3. The smallest absolute Gasteiger partial charge is 0.387 e. The number of carbonyl (C=O) groups is 1. The van der Waals surface area contributed by atoms with Crippen molar-refractivity contribution in [3.8, 4) is 5.75 Å². The van der Waals surface area contributed by atoms with E-state index >= 15 is 0 Å². The molecule has 0 atom stereocenters. The van der Waals surface area contributed by atoms with E-state index in [2.05, 4.69) is 15.0 Å². The molecule has 28 heavy (non-hydrogen) atoms. The molecular weight excluding hydrogens is 388 g/mol. The summed E-state index contributed by atoms with van der Waals surface area (Å²) in [4.78, 5) is 14.3. The Balaban J connectivity index is 0.00000280. The lowest BCUT2D eigenvalue weighted by Crippen LogP contribution is -2.40. The minimum atomic E-state index is -2.83. The molecule has 5 nitrogen and oxygen atoms in total. The lowest BCUT2D eigenvalue weighted by atomic mass is 10.00. The van der Waals surface area contributed by atoms with Crippen molar-refractivity contribution in [2.24, 2.45) is 0 Å². The largest absolute Gasteiger partial charge is 0.435 e. The summed E-state index contributed by atoms with van der Waals surface area (Å²) in [6.07, 6.45) is 2.52. The fourth-order valence-electron chi connectivity index (χ4n) is 3.31. The number of amides is 1. The number of anilines is 2. The Labute approximate surface area is 169 Å². The fraction of sp³-hybridized carbons (Fsp3) is 0.350. The number of nitrogen functional groups attached to an aromatic ring is 1. The fourth-order valence-corrected chi connectivity index (χ4v) is 3.31. The number of ether oxygens (including phenoxy) is 1. The van der Waals surface area contributed by atoms with Crippen molar-refractivity contribution >= 4 is 29.7 Å². The summed E-state index contributed by atoms with van der Waals surface area (Å²) in [5.41, 5.74) is 9.90. The third kappa shape index (κ3) is 5.73. The lowest BCUT2D eigenvalue weighted by Gasteiger charge is -2.31. The molecule has 0 unspecified atom stereocenters. The molecule has 0 aliphatic carbocycles. The molecule has 2 aromatic rings. The van der Waals surface area contributed by atoms with Crippen molar-refractivity contribution in [3.05, 3.63) is 53.6 Å². The topological polar surface area (TPSA) is 67.6 Å². The zero-order valence-corrected chi connectivity index (χ0v) is 16.2. The SMILES string of the molecule is Cl.Nc1cccc2c1CCCN2CC(=O)NCCc1ccc(OC(F)F)cc1. The van der Waals surface area contributed by atoms with Crippen LogP contribution in [-0.4, -0.2) is 32.2 Å². The number of nitrogens with two attached hydrogens (primary N) is 1. The van der Waals surface area contributed by atoms with E-state index in [1.54, 1.807) is 12.1 Å². The molecule has 2 aromatic carbocycles. The van der Waals surface area contributed by atoms with E-state index < -0.39 is 6.61 Å². The summed E-state index contributed by atoms with van der Waals surface area (Å²) in [6, 6.07) is 12.2. The predicted octanol–water partition coefficient (Wildman–Crippen LogP) is 3.40. The van der Waals surface area contributed by atoms with Crippen LogP contribution in [0.25, 0.3) is 0 Å². The molecule has 1 aliphatic rings. The van der Waals surface area contributed by atoms with Crippen LogP contribution in [0.2, 0.25) is 0 Å². The van der Waals surface area contributed by atoms with Gasteiger partial charge in [0.25, 0.3) is 0 Å². The number of benzene rings is 2. The molecule has 3 rings (SSSR count). The average molecular weight is 412 g/mol. The van der Waals surface area contributed by atoms with Gasteiger partial charge in [-0.15, -0.1) is 12.4 Å². The van der Waals surface area contributed by atoms with Gasteiger partial charge in [0.15, 0.2) is 0 Å². The number of fused-ring (bicyclic) bond motifs is 1. The zero-order valence-electron chi connectivity index (χ0n) is 15.4. The van der Waals surface area contributed by atoms with Crippen LogP contribution in [0.5, 0.6) is 5.75 Å². The quantitative estimate of drug-likeness (QED) is 0.685. The van der Waals surface area contributed by atoms with Crippen LogP contribution in [0.4, 0.5) is 20.2 Å². The van der Waals surface area contributed by atoms with Gasteiger partial charge in [-0.2, -0.15) is 8.78 Å². The second-order valence-electron chi connectivity index (χ2n) is 6.49. The molecule has 0 bridgehead atoms. The minimum absolute atomic E-state index is 0. The zero-order chi connectivity index (χ0) is 19.2. The maximum atomic E-state index is 12.3. The van der Waals surface area contributed by atoms with Crippen LogP contribution in [0.15, 0.2) is 42.5 Å². The first-order valence-corrected chi connectivity index (χ1v) is 8.95. The van der Waals surface area contributed by atoms with Gasteiger partial charge in [-0.05, 0) is 54.7 Å². The normalized spacial score (nSPS) is 12.9. The summed E-state index contributed by atoms with van der Waals surface area (Å²) in [5.74, 6) is 0.0729. The van der Waals surface area contributed by atoms with Crippen LogP contribution in [-0.2, 0) is 17.6 Å². The minimum Gasteiger partial charge on any atom is -0.435 e. The number of nitrogens with one attached hydrogen (secondary N) is 1. The molecule has 0 aromatic heterocycles. The lowest BCUT2D eigenvalue weighted by molar-refractivity contribution is -0.119. The molecule has 1 heterocycles. The van der Waals surface area contributed by atoms with E-state index in [1.165, 1.54) is 12.1 Å². The van der Waals surface area contributed by atoms with E-state index in [1.807, 2.05) is 18.2 Å². The Morgan fingerprint density at radius 3 is 2.68 bits per heavy atom. The van der Waals surface area contributed by atoms with Gasteiger partial charge in [0.05, 0.1) is 6.54 Å². The molecule has 3 N–H and O–H groups in total. The first kappa shape index (κ1) is 21.8. The summed E-state index contributed by atoms with van der Waals surface area (Å²) in [5, 5.41) is 2.91. The monoisotopic (exact) mass is 411 g/mol. The maximum absolute atomic E-state index is 12.3. The molecule has 1 aliphatic heterocycles. The molecule has 152 valence electrons. The first-order valence-electron chi connectivity index (χ1n) is 8.95. The van der Waals surface area contributed by atoms with E-state index in [0.29, 0.717) is 13.0 Å². The summed E-state index contributed by atoms with van der Waals surface area (Å²) in [6.45, 7) is -1.23. The molecule has 8 heteroatoms. The van der Waals surface area contributed by atoms with Crippen LogP contribution >= 0.6 is 12.4 Å². The van der Waals surface area contributed by atoms with E-state index in [4.69, 9.17) is 5.73 Å². The highest BCUT2D eigenvalue weighted by Gasteiger charge is 2.20. The highest BCUT2D eigenvalue weighted by atomic mass is 35.5. The third-order valence-corrected chi connectivity index (χ3v) is 4.60. The Morgan fingerprint density at radius 1 is 1.21 bits per heavy atom. The van der Waals surface area contributed by atoms with Crippen molar-refractivity contribution in [1.29, 1.82) is 0 Å². The molecule has 0 radical (unpaired) electrons. The van der Waals surface area contributed by atoms with Crippen LogP contribution in [0.3, 0.4) is 0 Å². The van der Waals surface area contributed by atoms with Crippen LogP contribution in [0.1, 0.15) is 17.5 Å². The van der Waals surface area contributed by atoms with Gasteiger partial charge in [0.2, 0.25) is 5.91 Å². The molecule has 0 spiro atoms. The Hall–Kier alpha value is -2.54. The second kappa shape index (κ2) is 10.1. The van der Waals surface area contributed by atoms with Crippen molar-refractivity contribution in [2.75, 3.05) is 30.3 Å². The number of hydrogen-bond donors (Lipinski definition) is 2. The van der Waals surface area contributed by atoms with E-state index in [-0.39, 0.29) is 30.6 Å².